The Labute approximate surface area is 141 Å². The van der Waals surface area contributed by atoms with Crippen LogP contribution in [0.5, 0.6) is 0 Å². The molecule has 1 aliphatic carbocycles. The van der Waals surface area contributed by atoms with Crippen molar-refractivity contribution in [3.8, 4) is 0 Å². The van der Waals surface area contributed by atoms with Gasteiger partial charge < -0.3 is 10.2 Å². The number of nitrogens with one attached hydrogen (secondary N) is 1. The lowest BCUT2D eigenvalue weighted by molar-refractivity contribution is -0.120. The number of benzene rings is 1. The summed E-state index contributed by atoms with van der Waals surface area (Å²) >= 11 is 6.19. The lowest BCUT2D eigenvalue weighted by atomic mass is 9.93. The van der Waals surface area contributed by atoms with Gasteiger partial charge in [0.15, 0.2) is 0 Å². The number of anilines is 1. The molecular weight excluding hydrogens is 312 g/mol. The molecule has 0 bridgehead atoms. The highest BCUT2D eigenvalue weighted by Crippen LogP contribution is 2.27. The molecule has 1 aromatic rings. The summed E-state index contributed by atoms with van der Waals surface area (Å²) < 4.78 is 0. The molecule has 3 rings (SSSR count). The van der Waals surface area contributed by atoms with Crippen molar-refractivity contribution in [3.05, 3.63) is 40.9 Å². The average molecular weight is 333 g/mol. The second-order valence-corrected chi connectivity index (χ2v) is 6.57. The monoisotopic (exact) mass is 332 g/mol. The molecule has 0 saturated carbocycles. The van der Waals surface area contributed by atoms with E-state index in [4.69, 9.17) is 11.6 Å². The van der Waals surface area contributed by atoms with Crippen LogP contribution in [0.1, 0.15) is 42.5 Å². The van der Waals surface area contributed by atoms with E-state index in [1.807, 2.05) is 11.0 Å². The number of halogens is 1. The smallest absolute Gasteiger partial charge is 0.253 e. The molecule has 2 aliphatic rings. The molecule has 1 atom stereocenters. The Morgan fingerprint density at radius 2 is 1.96 bits per heavy atom. The van der Waals surface area contributed by atoms with Crippen molar-refractivity contribution in [1.29, 1.82) is 0 Å². The number of hydrogen-bond donors (Lipinski definition) is 1. The predicted molar refractivity (Wildman–Crippen MR) is 91.7 cm³/mol. The standard InChI is InChI=1S/C18H21ClN2O2/c19-15-9-8-14(18(23)21-10-4-5-11-21)12-16(15)20-17(22)13-6-2-1-3-7-13/h1-2,8-9,12-13H,3-7,10-11H2,(H,20,22). The zero-order valence-corrected chi connectivity index (χ0v) is 13.8. The van der Waals surface area contributed by atoms with Gasteiger partial charge in [0, 0.05) is 24.6 Å². The van der Waals surface area contributed by atoms with Gasteiger partial charge in [-0.05, 0) is 50.3 Å². The zero-order chi connectivity index (χ0) is 16.2. The SMILES string of the molecule is O=C(Nc1cc(C(=O)N2CCCC2)ccc1Cl)C1CC=CCC1. The van der Waals surface area contributed by atoms with Gasteiger partial charge in [0.25, 0.3) is 5.91 Å². The Balaban J connectivity index is 1.73. The van der Waals surface area contributed by atoms with Crippen LogP contribution in [-0.4, -0.2) is 29.8 Å². The Morgan fingerprint density at radius 1 is 1.17 bits per heavy atom. The molecule has 1 fully saturated rings. The van der Waals surface area contributed by atoms with E-state index in [0.29, 0.717) is 16.3 Å². The normalized spacial score (nSPS) is 20.6. The van der Waals surface area contributed by atoms with Crippen LogP contribution in [0.25, 0.3) is 0 Å². The van der Waals surface area contributed by atoms with Crippen LogP contribution < -0.4 is 5.32 Å². The number of carbonyl (C=O) groups excluding carboxylic acids is 2. The first-order valence-electron chi connectivity index (χ1n) is 8.20. The van der Waals surface area contributed by atoms with Crippen molar-refractivity contribution < 1.29 is 9.59 Å². The Hall–Kier alpha value is -1.81. The quantitative estimate of drug-likeness (QED) is 0.854. The van der Waals surface area contributed by atoms with Crippen LogP contribution in [-0.2, 0) is 4.79 Å². The first-order chi connectivity index (χ1) is 11.1. The van der Waals surface area contributed by atoms with E-state index in [9.17, 15) is 9.59 Å². The minimum absolute atomic E-state index is 0.00950. The number of hydrogen-bond acceptors (Lipinski definition) is 2. The van der Waals surface area contributed by atoms with Crippen molar-refractivity contribution in [2.75, 3.05) is 18.4 Å². The van der Waals surface area contributed by atoms with Gasteiger partial charge in [0.1, 0.15) is 0 Å². The number of nitrogens with zero attached hydrogens (tertiary/aromatic N) is 1. The average Bonchev–Trinajstić information content (AvgIpc) is 3.11. The maximum Gasteiger partial charge on any atom is 0.253 e. The molecule has 23 heavy (non-hydrogen) atoms. The van der Waals surface area contributed by atoms with E-state index in [1.165, 1.54) is 0 Å². The van der Waals surface area contributed by atoms with Crippen molar-refractivity contribution in [2.45, 2.75) is 32.1 Å². The van der Waals surface area contributed by atoms with Gasteiger partial charge in [-0.1, -0.05) is 23.8 Å². The fourth-order valence-corrected chi connectivity index (χ4v) is 3.29. The van der Waals surface area contributed by atoms with E-state index in [-0.39, 0.29) is 17.7 Å². The molecule has 1 aromatic carbocycles. The minimum atomic E-state index is -0.0259. The molecular formula is C18H21ClN2O2. The minimum Gasteiger partial charge on any atom is -0.339 e. The Morgan fingerprint density at radius 3 is 2.65 bits per heavy atom. The summed E-state index contributed by atoms with van der Waals surface area (Å²) in [4.78, 5) is 26.7. The van der Waals surface area contributed by atoms with E-state index in [2.05, 4.69) is 11.4 Å². The van der Waals surface area contributed by atoms with E-state index < -0.39 is 0 Å². The third-order valence-electron chi connectivity index (χ3n) is 4.50. The van der Waals surface area contributed by atoms with E-state index in [1.54, 1.807) is 18.2 Å². The number of rotatable bonds is 3. The van der Waals surface area contributed by atoms with Crippen LogP contribution >= 0.6 is 11.6 Å². The largest absolute Gasteiger partial charge is 0.339 e. The van der Waals surface area contributed by atoms with Crippen molar-refractivity contribution in [2.24, 2.45) is 5.92 Å². The van der Waals surface area contributed by atoms with E-state index >= 15 is 0 Å². The molecule has 1 N–H and O–H groups in total. The summed E-state index contributed by atoms with van der Waals surface area (Å²) in [6, 6.07) is 5.10. The fraction of sp³-hybridized carbons (Fsp3) is 0.444. The highest BCUT2D eigenvalue weighted by atomic mass is 35.5. The molecule has 0 aromatic heterocycles. The number of allylic oxidation sites excluding steroid dienone is 2. The summed E-state index contributed by atoms with van der Waals surface area (Å²) in [6.07, 6.45) is 8.80. The summed E-state index contributed by atoms with van der Waals surface area (Å²) in [5.41, 5.74) is 1.10. The molecule has 2 amide bonds. The van der Waals surface area contributed by atoms with Crippen molar-refractivity contribution in [3.63, 3.8) is 0 Å². The van der Waals surface area contributed by atoms with Crippen LogP contribution in [0.15, 0.2) is 30.4 Å². The summed E-state index contributed by atoms with van der Waals surface area (Å²) in [6.45, 7) is 1.61. The summed E-state index contributed by atoms with van der Waals surface area (Å²) in [5, 5.41) is 3.35. The number of likely N-dealkylation sites (tertiary alicyclic amines) is 1. The molecule has 122 valence electrons. The van der Waals surface area contributed by atoms with Crippen molar-refractivity contribution >= 4 is 29.1 Å². The highest BCUT2D eigenvalue weighted by Gasteiger charge is 2.22. The van der Waals surface area contributed by atoms with Crippen molar-refractivity contribution in [1.82, 2.24) is 4.90 Å². The maximum atomic E-state index is 12.5. The topological polar surface area (TPSA) is 49.4 Å². The van der Waals surface area contributed by atoms with Gasteiger partial charge in [0.05, 0.1) is 10.7 Å². The van der Waals surface area contributed by atoms with Gasteiger partial charge in [0.2, 0.25) is 5.91 Å². The lowest BCUT2D eigenvalue weighted by Gasteiger charge is -2.19. The second-order valence-electron chi connectivity index (χ2n) is 6.16. The Kier molecular flexibility index (Phi) is 5.01. The molecule has 1 unspecified atom stereocenters. The van der Waals surface area contributed by atoms with Crippen LogP contribution in [0.4, 0.5) is 5.69 Å². The molecule has 1 aliphatic heterocycles. The maximum absolute atomic E-state index is 12.5. The zero-order valence-electron chi connectivity index (χ0n) is 13.1. The first kappa shape index (κ1) is 16.1. The summed E-state index contributed by atoms with van der Waals surface area (Å²) in [7, 11) is 0. The van der Waals surface area contributed by atoms with E-state index in [0.717, 1.165) is 45.2 Å². The molecule has 1 heterocycles. The molecule has 5 heteroatoms. The van der Waals surface area contributed by atoms with Gasteiger partial charge in [-0.3, -0.25) is 9.59 Å². The van der Waals surface area contributed by atoms with Crippen LogP contribution in [0.3, 0.4) is 0 Å². The van der Waals surface area contributed by atoms with Crippen LogP contribution in [0, 0.1) is 5.92 Å². The Bertz CT molecular complexity index is 636. The third kappa shape index (κ3) is 3.75. The molecule has 4 nitrogen and oxygen atoms in total. The summed E-state index contributed by atoms with van der Waals surface area (Å²) in [5.74, 6) is -0.0358. The first-order valence-corrected chi connectivity index (χ1v) is 8.57. The van der Waals surface area contributed by atoms with Gasteiger partial charge in [-0.2, -0.15) is 0 Å². The van der Waals surface area contributed by atoms with Gasteiger partial charge >= 0.3 is 0 Å². The predicted octanol–water partition coefficient (Wildman–Crippen LogP) is 3.87. The molecule has 1 saturated heterocycles. The third-order valence-corrected chi connectivity index (χ3v) is 4.83. The van der Waals surface area contributed by atoms with Gasteiger partial charge in [-0.15, -0.1) is 0 Å². The lowest BCUT2D eigenvalue weighted by Crippen LogP contribution is -2.28. The van der Waals surface area contributed by atoms with Crippen LogP contribution in [0.2, 0.25) is 5.02 Å². The van der Waals surface area contributed by atoms with Gasteiger partial charge in [-0.25, -0.2) is 0 Å². The fourth-order valence-electron chi connectivity index (χ4n) is 3.12. The second kappa shape index (κ2) is 7.18. The number of carbonyl (C=O) groups is 2. The molecule has 0 spiro atoms. The number of amides is 2. The molecule has 0 radical (unpaired) electrons. The highest BCUT2D eigenvalue weighted by molar-refractivity contribution is 6.33.